The van der Waals surface area contributed by atoms with E-state index in [4.69, 9.17) is 10.2 Å². The van der Waals surface area contributed by atoms with Crippen molar-refractivity contribution < 1.29 is 19.4 Å². The third-order valence-electron chi connectivity index (χ3n) is 2.48. The van der Waals surface area contributed by atoms with Crippen molar-refractivity contribution in [3.63, 3.8) is 0 Å². The number of nitrogens with one attached hydrogen (secondary N) is 1. The molecule has 0 aliphatic heterocycles. The van der Waals surface area contributed by atoms with Gasteiger partial charge in [0.05, 0.1) is 5.56 Å². The highest BCUT2D eigenvalue weighted by Gasteiger charge is 2.10. The zero-order chi connectivity index (χ0) is 12.8. The summed E-state index contributed by atoms with van der Waals surface area (Å²) in [5, 5.41) is 20.5. The molecule has 17 heavy (non-hydrogen) atoms. The standard InChI is InChI=1S/C12H16FNO3/c1-8(4-5-15)14-7-9-2-3-10(12(16)17)11(13)6-9/h2-3,6,8,14-15H,4-5,7H2,1H3,(H,16,17). The minimum Gasteiger partial charge on any atom is -0.478 e. The van der Waals surface area contributed by atoms with Crippen molar-refractivity contribution in [1.82, 2.24) is 5.32 Å². The van der Waals surface area contributed by atoms with Crippen molar-refractivity contribution in [2.45, 2.75) is 25.9 Å². The average Bonchev–Trinajstić information content (AvgIpc) is 2.26. The van der Waals surface area contributed by atoms with Gasteiger partial charge in [-0.3, -0.25) is 0 Å². The molecule has 0 spiro atoms. The summed E-state index contributed by atoms with van der Waals surface area (Å²) < 4.78 is 13.3. The topological polar surface area (TPSA) is 69.6 Å². The van der Waals surface area contributed by atoms with Gasteiger partial charge in [0.15, 0.2) is 0 Å². The van der Waals surface area contributed by atoms with Crippen molar-refractivity contribution in [3.8, 4) is 0 Å². The lowest BCUT2D eigenvalue weighted by Gasteiger charge is -2.12. The number of aliphatic hydroxyl groups is 1. The molecule has 1 rings (SSSR count). The molecule has 0 aliphatic rings. The van der Waals surface area contributed by atoms with Gasteiger partial charge in [-0.25, -0.2) is 9.18 Å². The Bertz CT molecular complexity index is 395. The number of benzene rings is 1. The maximum atomic E-state index is 13.3. The second-order valence-corrected chi connectivity index (χ2v) is 3.91. The minimum absolute atomic E-state index is 0.0977. The van der Waals surface area contributed by atoms with Gasteiger partial charge in [-0.1, -0.05) is 6.07 Å². The molecule has 3 N–H and O–H groups in total. The molecule has 0 amide bonds. The van der Waals surface area contributed by atoms with Crippen LogP contribution in [0.2, 0.25) is 0 Å². The van der Waals surface area contributed by atoms with E-state index < -0.39 is 11.8 Å². The van der Waals surface area contributed by atoms with Gasteiger partial charge in [0.1, 0.15) is 5.82 Å². The summed E-state index contributed by atoms with van der Waals surface area (Å²) in [4.78, 5) is 10.6. The Hall–Kier alpha value is -1.46. The summed E-state index contributed by atoms with van der Waals surface area (Å²) >= 11 is 0. The highest BCUT2D eigenvalue weighted by Crippen LogP contribution is 2.10. The average molecular weight is 241 g/mol. The van der Waals surface area contributed by atoms with Crippen molar-refractivity contribution in [1.29, 1.82) is 0 Å². The van der Waals surface area contributed by atoms with Crippen molar-refractivity contribution in [3.05, 3.63) is 35.1 Å². The molecule has 0 bridgehead atoms. The van der Waals surface area contributed by atoms with E-state index in [9.17, 15) is 9.18 Å². The number of hydrogen-bond donors (Lipinski definition) is 3. The van der Waals surface area contributed by atoms with Gasteiger partial charge < -0.3 is 15.5 Å². The summed E-state index contributed by atoms with van der Waals surface area (Å²) in [5.74, 6) is -2.00. The number of aromatic carboxylic acids is 1. The molecule has 0 heterocycles. The van der Waals surface area contributed by atoms with E-state index in [0.29, 0.717) is 18.5 Å². The van der Waals surface area contributed by atoms with E-state index in [1.165, 1.54) is 12.1 Å². The summed E-state index contributed by atoms with van der Waals surface area (Å²) in [6.45, 7) is 2.46. The lowest BCUT2D eigenvalue weighted by molar-refractivity contribution is 0.0692. The Morgan fingerprint density at radius 2 is 2.24 bits per heavy atom. The lowest BCUT2D eigenvalue weighted by Crippen LogP contribution is -2.26. The summed E-state index contributed by atoms with van der Waals surface area (Å²) in [7, 11) is 0. The van der Waals surface area contributed by atoms with Crippen LogP contribution in [0.25, 0.3) is 0 Å². The first-order valence-electron chi connectivity index (χ1n) is 5.40. The van der Waals surface area contributed by atoms with E-state index in [1.807, 2.05) is 6.92 Å². The first kappa shape index (κ1) is 13.6. The normalized spacial score (nSPS) is 12.4. The van der Waals surface area contributed by atoms with Gasteiger partial charge in [0.25, 0.3) is 0 Å². The lowest BCUT2D eigenvalue weighted by atomic mass is 10.1. The molecule has 0 radical (unpaired) electrons. The van der Waals surface area contributed by atoms with Gasteiger partial charge in [0.2, 0.25) is 0 Å². The third-order valence-corrected chi connectivity index (χ3v) is 2.48. The third kappa shape index (κ3) is 4.13. The Morgan fingerprint density at radius 3 is 2.76 bits per heavy atom. The second kappa shape index (κ2) is 6.32. The highest BCUT2D eigenvalue weighted by molar-refractivity contribution is 5.87. The van der Waals surface area contributed by atoms with Gasteiger partial charge in [-0.05, 0) is 31.0 Å². The molecule has 0 fully saturated rings. The molecule has 94 valence electrons. The molecule has 0 aliphatic carbocycles. The first-order chi connectivity index (χ1) is 8.04. The van der Waals surface area contributed by atoms with Crippen LogP contribution < -0.4 is 5.32 Å². The SMILES string of the molecule is CC(CCO)NCc1ccc(C(=O)O)c(F)c1. The molecule has 0 aromatic heterocycles. The van der Waals surface area contributed by atoms with E-state index >= 15 is 0 Å². The Labute approximate surface area is 99.1 Å². The first-order valence-corrected chi connectivity index (χ1v) is 5.40. The van der Waals surface area contributed by atoms with Crippen molar-refractivity contribution in [2.24, 2.45) is 0 Å². The molecule has 1 aromatic rings. The number of halogens is 1. The van der Waals surface area contributed by atoms with Crippen LogP contribution in [-0.4, -0.2) is 28.8 Å². The van der Waals surface area contributed by atoms with Crippen LogP contribution in [0.1, 0.15) is 29.3 Å². The number of carboxylic acid groups (broad SMARTS) is 1. The number of carboxylic acids is 1. The maximum absolute atomic E-state index is 13.3. The molecular formula is C12H16FNO3. The Balaban J connectivity index is 2.62. The fourth-order valence-corrected chi connectivity index (χ4v) is 1.43. The van der Waals surface area contributed by atoms with Crippen molar-refractivity contribution in [2.75, 3.05) is 6.61 Å². The van der Waals surface area contributed by atoms with Crippen LogP contribution >= 0.6 is 0 Å². The fraction of sp³-hybridized carbons (Fsp3) is 0.417. The number of rotatable bonds is 6. The van der Waals surface area contributed by atoms with Gasteiger partial charge >= 0.3 is 5.97 Å². The molecule has 1 atom stereocenters. The fourth-order valence-electron chi connectivity index (χ4n) is 1.43. The van der Waals surface area contributed by atoms with Gasteiger partial charge in [-0.15, -0.1) is 0 Å². The van der Waals surface area contributed by atoms with E-state index in [0.717, 1.165) is 0 Å². The smallest absolute Gasteiger partial charge is 0.338 e. The molecule has 1 aromatic carbocycles. The highest BCUT2D eigenvalue weighted by atomic mass is 19.1. The molecule has 5 heteroatoms. The summed E-state index contributed by atoms with van der Waals surface area (Å²) in [6, 6.07) is 4.17. The minimum atomic E-state index is -1.27. The summed E-state index contributed by atoms with van der Waals surface area (Å²) in [6.07, 6.45) is 0.621. The van der Waals surface area contributed by atoms with E-state index in [2.05, 4.69) is 5.32 Å². The van der Waals surface area contributed by atoms with E-state index in [-0.39, 0.29) is 18.2 Å². The Kier molecular flexibility index (Phi) is 5.06. The number of aliphatic hydroxyl groups excluding tert-OH is 1. The predicted octanol–water partition coefficient (Wildman–Crippen LogP) is 1.38. The van der Waals surface area contributed by atoms with Crippen LogP contribution in [-0.2, 0) is 6.54 Å². The van der Waals surface area contributed by atoms with Crippen LogP contribution in [0.15, 0.2) is 18.2 Å². The number of hydrogen-bond acceptors (Lipinski definition) is 3. The largest absolute Gasteiger partial charge is 0.478 e. The maximum Gasteiger partial charge on any atom is 0.338 e. The van der Waals surface area contributed by atoms with Gasteiger partial charge in [0, 0.05) is 19.2 Å². The van der Waals surface area contributed by atoms with Gasteiger partial charge in [-0.2, -0.15) is 0 Å². The molecule has 0 saturated heterocycles. The second-order valence-electron chi connectivity index (χ2n) is 3.91. The van der Waals surface area contributed by atoms with Crippen LogP contribution in [0, 0.1) is 5.82 Å². The van der Waals surface area contributed by atoms with Crippen molar-refractivity contribution >= 4 is 5.97 Å². The van der Waals surface area contributed by atoms with Crippen LogP contribution in [0.4, 0.5) is 4.39 Å². The van der Waals surface area contributed by atoms with E-state index in [1.54, 1.807) is 6.07 Å². The molecular weight excluding hydrogens is 225 g/mol. The number of carbonyl (C=O) groups is 1. The molecule has 1 unspecified atom stereocenters. The molecule has 0 saturated carbocycles. The summed E-state index contributed by atoms with van der Waals surface area (Å²) in [5.41, 5.74) is 0.356. The van der Waals surface area contributed by atoms with Crippen LogP contribution in [0.3, 0.4) is 0 Å². The molecule has 4 nitrogen and oxygen atoms in total. The zero-order valence-electron chi connectivity index (χ0n) is 9.61. The monoisotopic (exact) mass is 241 g/mol. The predicted molar refractivity (Wildman–Crippen MR) is 61.4 cm³/mol. The zero-order valence-corrected chi connectivity index (χ0v) is 9.61. The van der Waals surface area contributed by atoms with Crippen LogP contribution in [0.5, 0.6) is 0 Å². The Morgan fingerprint density at radius 1 is 1.53 bits per heavy atom. The quantitative estimate of drug-likeness (QED) is 0.704.